The van der Waals surface area contributed by atoms with Gasteiger partial charge in [0.2, 0.25) is 0 Å². The normalized spacial score (nSPS) is 12.6. The van der Waals surface area contributed by atoms with Crippen LogP contribution in [0.5, 0.6) is 0 Å². The molecule has 7 heteroatoms. The number of nitrogens with one attached hydrogen (secondary N) is 1. The summed E-state index contributed by atoms with van der Waals surface area (Å²) in [6.45, 7) is 9.46. The molecule has 138 valence electrons. The SMILES string of the molecule is C=C(C#N)C=C(CNc1nn(C)c2c1sc1nc(C)cc(C)c12)C(F)=CC. The summed E-state index contributed by atoms with van der Waals surface area (Å²) in [6.07, 6.45) is 2.81. The molecule has 0 saturated carbocycles. The van der Waals surface area contributed by atoms with Crippen molar-refractivity contribution in [1.82, 2.24) is 14.8 Å². The van der Waals surface area contributed by atoms with E-state index in [4.69, 9.17) is 5.26 Å². The molecular formula is C20H20FN5S. The second-order valence-corrected chi connectivity index (χ2v) is 7.31. The predicted octanol–water partition coefficient (Wildman–Crippen LogP) is 5.09. The number of hydrogen-bond acceptors (Lipinski definition) is 5. The van der Waals surface area contributed by atoms with E-state index in [1.54, 1.807) is 18.3 Å². The zero-order chi connectivity index (χ0) is 19.7. The van der Waals surface area contributed by atoms with E-state index in [9.17, 15) is 4.39 Å². The quantitative estimate of drug-likeness (QED) is 0.494. The van der Waals surface area contributed by atoms with Crippen LogP contribution >= 0.6 is 11.3 Å². The summed E-state index contributed by atoms with van der Waals surface area (Å²) in [6, 6.07) is 3.98. The predicted molar refractivity (Wildman–Crippen MR) is 110 cm³/mol. The first-order chi connectivity index (χ1) is 12.8. The van der Waals surface area contributed by atoms with Crippen LogP contribution in [0.2, 0.25) is 0 Å². The molecule has 3 heterocycles. The Balaban J connectivity index is 2.03. The van der Waals surface area contributed by atoms with Crippen molar-refractivity contribution >= 4 is 37.6 Å². The van der Waals surface area contributed by atoms with Gasteiger partial charge in [-0.25, -0.2) is 9.37 Å². The highest BCUT2D eigenvalue weighted by Crippen LogP contribution is 2.38. The molecule has 1 N–H and O–H groups in total. The molecule has 0 bridgehead atoms. The number of anilines is 1. The molecular weight excluding hydrogens is 361 g/mol. The molecule has 3 aromatic heterocycles. The molecule has 3 rings (SSSR count). The summed E-state index contributed by atoms with van der Waals surface area (Å²) in [4.78, 5) is 5.60. The second-order valence-electron chi connectivity index (χ2n) is 6.31. The number of nitriles is 1. The average Bonchev–Trinajstić information content (AvgIpc) is 3.15. The minimum Gasteiger partial charge on any atom is -0.363 e. The van der Waals surface area contributed by atoms with E-state index in [0.29, 0.717) is 11.4 Å². The first-order valence-electron chi connectivity index (χ1n) is 8.44. The lowest BCUT2D eigenvalue weighted by Crippen LogP contribution is -2.07. The molecule has 27 heavy (non-hydrogen) atoms. The summed E-state index contributed by atoms with van der Waals surface area (Å²) in [7, 11) is 1.89. The Morgan fingerprint density at radius 3 is 2.89 bits per heavy atom. The molecule has 0 aliphatic heterocycles. The van der Waals surface area contributed by atoms with Crippen LogP contribution in [0.15, 0.2) is 41.8 Å². The van der Waals surface area contributed by atoms with Crippen molar-refractivity contribution in [3.8, 4) is 6.07 Å². The van der Waals surface area contributed by atoms with Crippen LogP contribution in [0, 0.1) is 25.2 Å². The third-order valence-corrected chi connectivity index (χ3v) is 5.33. The number of aromatic nitrogens is 3. The highest BCUT2D eigenvalue weighted by molar-refractivity contribution is 7.26. The monoisotopic (exact) mass is 381 g/mol. The van der Waals surface area contributed by atoms with Gasteiger partial charge in [-0.1, -0.05) is 12.7 Å². The van der Waals surface area contributed by atoms with Gasteiger partial charge in [-0.05, 0) is 38.5 Å². The van der Waals surface area contributed by atoms with Gasteiger partial charge in [-0.15, -0.1) is 11.3 Å². The number of pyridine rings is 1. The standard InChI is InChI=1S/C20H20FN5S/c1-6-15(21)14(7-11(2)9-22)10-23-19-18-17(26(5)25-19)16-12(3)8-13(4)24-20(16)27-18/h6-8H,2,10H2,1,3-5H3,(H,23,25). The Hall–Kier alpha value is -2.98. The van der Waals surface area contributed by atoms with Gasteiger partial charge in [-0.3, -0.25) is 4.68 Å². The smallest absolute Gasteiger partial charge is 0.166 e. The molecule has 0 fully saturated rings. The molecule has 0 aliphatic rings. The molecule has 0 aromatic carbocycles. The molecule has 0 amide bonds. The van der Waals surface area contributed by atoms with Crippen LogP contribution in [0.3, 0.4) is 0 Å². The third-order valence-electron chi connectivity index (χ3n) is 4.25. The largest absolute Gasteiger partial charge is 0.363 e. The Labute approximate surface area is 161 Å². The number of rotatable bonds is 5. The molecule has 0 radical (unpaired) electrons. The average molecular weight is 381 g/mol. The summed E-state index contributed by atoms with van der Waals surface area (Å²) in [5.74, 6) is 0.278. The number of allylic oxidation sites excluding steroid dienone is 3. The topological polar surface area (TPSA) is 66.5 Å². The van der Waals surface area contributed by atoms with Gasteiger partial charge in [0.15, 0.2) is 5.82 Å². The van der Waals surface area contributed by atoms with Crippen molar-refractivity contribution in [2.24, 2.45) is 7.05 Å². The number of nitrogens with zero attached hydrogens (tertiary/aromatic N) is 4. The first kappa shape index (κ1) is 18.8. The minimum atomic E-state index is -0.393. The van der Waals surface area contributed by atoms with Crippen LogP contribution in [0.25, 0.3) is 20.4 Å². The van der Waals surface area contributed by atoms with E-state index >= 15 is 0 Å². The van der Waals surface area contributed by atoms with Gasteiger partial charge in [-0.2, -0.15) is 10.4 Å². The fourth-order valence-corrected chi connectivity index (χ4v) is 4.35. The van der Waals surface area contributed by atoms with Crippen LogP contribution in [-0.2, 0) is 7.05 Å². The van der Waals surface area contributed by atoms with Crippen molar-refractivity contribution in [3.05, 3.63) is 53.0 Å². The minimum absolute atomic E-state index is 0.197. The fourth-order valence-electron chi connectivity index (χ4n) is 3.06. The van der Waals surface area contributed by atoms with E-state index in [2.05, 4.69) is 35.0 Å². The number of fused-ring (bicyclic) bond motifs is 3. The van der Waals surface area contributed by atoms with Gasteiger partial charge < -0.3 is 5.32 Å². The van der Waals surface area contributed by atoms with Crippen LogP contribution < -0.4 is 5.32 Å². The van der Waals surface area contributed by atoms with Gasteiger partial charge in [0, 0.05) is 35.8 Å². The molecule has 0 aliphatic carbocycles. The third kappa shape index (κ3) is 3.49. The molecule has 3 aromatic rings. The summed E-state index contributed by atoms with van der Waals surface area (Å²) in [5, 5.41) is 17.8. The number of hydrogen-bond donors (Lipinski definition) is 1. The first-order valence-corrected chi connectivity index (χ1v) is 9.26. The Morgan fingerprint density at radius 1 is 1.48 bits per heavy atom. The number of halogens is 1. The molecule has 0 atom stereocenters. The molecule has 0 saturated heterocycles. The maximum absolute atomic E-state index is 14.1. The van der Waals surface area contributed by atoms with Gasteiger partial charge in [0.05, 0.1) is 16.3 Å². The van der Waals surface area contributed by atoms with Crippen LogP contribution in [0.4, 0.5) is 10.2 Å². The summed E-state index contributed by atoms with van der Waals surface area (Å²) >= 11 is 1.57. The van der Waals surface area contributed by atoms with Gasteiger partial charge in [0.1, 0.15) is 10.7 Å². The molecule has 0 unspecified atom stereocenters. The van der Waals surface area contributed by atoms with Crippen LogP contribution in [0.1, 0.15) is 18.2 Å². The van der Waals surface area contributed by atoms with Crippen molar-refractivity contribution in [2.45, 2.75) is 20.8 Å². The lowest BCUT2D eigenvalue weighted by molar-refractivity contribution is 0.646. The van der Waals surface area contributed by atoms with E-state index in [1.165, 1.54) is 12.2 Å². The molecule has 0 spiro atoms. The fraction of sp³-hybridized carbons (Fsp3) is 0.250. The molecule has 5 nitrogen and oxygen atoms in total. The second kappa shape index (κ2) is 7.33. The lowest BCUT2D eigenvalue weighted by atomic mass is 10.1. The van der Waals surface area contributed by atoms with Crippen molar-refractivity contribution in [3.63, 3.8) is 0 Å². The summed E-state index contributed by atoms with van der Waals surface area (Å²) in [5.41, 5.74) is 3.70. The number of thiophene rings is 1. The van der Waals surface area contributed by atoms with Gasteiger partial charge in [0.25, 0.3) is 0 Å². The van der Waals surface area contributed by atoms with E-state index in [1.807, 2.05) is 24.7 Å². The highest BCUT2D eigenvalue weighted by Gasteiger charge is 2.18. The maximum atomic E-state index is 14.1. The van der Waals surface area contributed by atoms with E-state index in [0.717, 1.165) is 31.7 Å². The highest BCUT2D eigenvalue weighted by atomic mass is 32.1. The van der Waals surface area contributed by atoms with Gasteiger partial charge >= 0.3 is 0 Å². The number of aryl methyl sites for hydroxylation is 3. The van der Waals surface area contributed by atoms with E-state index < -0.39 is 5.83 Å². The maximum Gasteiger partial charge on any atom is 0.166 e. The van der Waals surface area contributed by atoms with Crippen molar-refractivity contribution < 1.29 is 4.39 Å². The summed E-state index contributed by atoms with van der Waals surface area (Å²) < 4.78 is 17.0. The van der Waals surface area contributed by atoms with Crippen LogP contribution in [-0.4, -0.2) is 21.3 Å². The van der Waals surface area contributed by atoms with Crippen molar-refractivity contribution in [1.29, 1.82) is 5.26 Å². The lowest BCUT2D eigenvalue weighted by Gasteiger charge is -2.06. The van der Waals surface area contributed by atoms with E-state index in [-0.39, 0.29) is 12.1 Å². The Morgan fingerprint density at radius 2 is 2.22 bits per heavy atom. The zero-order valence-electron chi connectivity index (χ0n) is 15.7. The Kier molecular flexibility index (Phi) is 5.10. The Bertz CT molecular complexity index is 1160. The van der Waals surface area contributed by atoms with Crippen molar-refractivity contribution in [2.75, 3.05) is 11.9 Å². The zero-order valence-corrected chi connectivity index (χ0v) is 16.5.